The van der Waals surface area contributed by atoms with Crippen LogP contribution in [0.1, 0.15) is 25.8 Å². The topological polar surface area (TPSA) is 51.0 Å². The largest absolute Gasteiger partial charge is 0.419 e. The van der Waals surface area contributed by atoms with E-state index in [1.54, 1.807) is 0 Å². The second-order valence-electron chi connectivity index (χ2n) is 4.75. The molecule has 0 fully saturated rings. The van der Waals surface area contributed by atoms with Crippen LogP contribution >= 0.6 is 0 Å². The average molecular weight is 267 g/mol. The van der Waals surface area contributed by atoms with Crippen molar-refractivity contribution in [2.75, 3.05) is 6.54 Å². The molecule has 1 atom stereocenters. The van der Waals surface area contributed by atoms with E-state index in [1.165, 1.54) is 5.39 Å². The van der Waals surface area contributed by atoms with Crippen molar-refractivity contribution in [3.05, 3.63) is 48.4 Å². The van der Waals surface area contributed by atoms with Gasteiger partial charge in [-0.15, -0.1) is 10.2 Å². The van der Waals surface area contributed by atoms with Gasteiger partial charge in [-0.25, -0.2) is 0 Å². The summed E-state index contributed by atoms with van der Waals surface area (Å²) in [5, 5.41) is 13.9. The van der Waals surface area contributed by atoms with Crippen LogP contribution in [0.25, 0.3) is 22.2 Å². The van der Waals surface area contributed by atoms with E-state index in [1.807, 2.05) is 31.2 Å². The van der Waals surface area contributed by atoms with Crippen molar-refractivity contribution in [2.24, 2.45) is 0 Å². The number of nitrogens with one attached hydrogen (secondary N) is 1. The molecule has 0 saturated heterocycles. The van der Waals surface area contributed by atoms with Gasteiger partial charge in [0.15, 0.2) is 0 Å². The molecular weight excluding hydrogens is 250 g/mol. The summed E-state index contributed by atoms with van der Waals surface area (Å²) in [7, 11) is 0. The molecule has 1 heterocycles. The highest BCUT2D eigenvalue weighted by molar-refractivity contribution is 5.94. The van der Waals surface area contributed by atoms with Gasteiger partial charge >= 0.3 is 0 Å². The molecule has 1 unspecified atom stereocenters. The Hall–Kier alpha value is -2.20. The summed E-state index contributed by atoms with van der Waals surface area (Å²) in [5.74, 6) is 1.19. The summed E-state index contributed by atoms with van der Waals surface area (Å²) in [6.07, 6.45) is 0. The van der Waals surface area contributed by atoms with Gasteiger partial charge in [0, 0.05) is 5.56 Å². The van der Waals surface area contributed by atoms with E-state index in [9.17, 15) is 0 Å². The first kappa shape index (κ1) is 12.8. The molecule has 0 amide bonds. The van der Waals surface area contributed by atoms with Crippen LogP contribution in [0.3, 0.4) is 0 Å². The predicted octanol–water partition coefficient (Wildman–Crippen LogP) is 3.56. The Morgan fingerprint density at radius 3 is 2.75 bits per heavy atom. The number of benzene rings is 2. The van der Waals surface area contributed by atoms with Crippen LogP contribution in [0, 0.1) is 0 Å². The number of fused-ring (bicyclic) bond motifs is 1. The van der Waals surface area contributed by atoms with Gasteiger partial charge in [-0.05, 0) is 30.3 Å². The minimum atomic E-state index is 0.0660. The zero-order chi connectivity index (χ0) is 13.9. The van der Waals surface area contributed by atoms with E-state index in [4.69, 9.17) is 4.42 Å². The SMILES string of the molecule is CCNC(C)c1nnc(-c2cccc3ccccc23)o1. The molecule has 4 heteroatoms. The maximum atomic E-state index is 5.81. The van der Waals surface area contributed by atoms with Crippen molar-refractivity contribution < 1.29 is 4.42 Å². The number of rotatable bonds is 4. The van der Waals surface area contributed by atoms with Crippen LogP contribution in [0.15, 0.2) is 46.9 Å². The van der Waals surface area contributed by atoms with Gasteiger partial charge in [-0.1, -0.05) is 43.3 Å². The second kappa shape index (κ2) is 5.43. The molecule has 1 N–H and O–H groups in total. The molecule has 0 radical (unpaired) electrons. The lowest BCUT2D eigenvalue weighted by molar-refractivity contribution is 0.429. The molecule has 102 valence electrons. The van der Waals surface area contributed by atoms with Crippen molar-refractivity contribution in [3.8, 4) is 11.5 Å². The third-order valence-corrected chi connectivity index (χ3v) is 3.34. The van der Waals surface area contributed by atoms with E-state index < -0.39 is 0 Å². The fourth-order valence-electron chi connectivity index (χ4n) is 2.32. The van der Waals surface area contributed by atoms with Crippen LogP contribution in [-0.2, 0) is 0 Å². The van der Waals surface area contributed by atoms with Gasteiger partial charge in [-0.3, -0.25) is 0 Å². The summed E-state index contributed by atoms with van der Waals surface area (Å²) >= 11 is 0. The molecule has 4 nitrogen and oxygen atoms in total. The van der Waals surface area contributed by atoms with Crippen molar-refractivity contribution in [1.29, 1.82) is 0 Å². The first-order valence-electron chi connectivity index (χ1n) is 6.84. The molecule has 0 saturated carbocycles. The minimum absolute atomic E-state index is 0.0660. The van der Waals surface area contributed by atoms with Gasteiger partial charge in [0.1, 0.15) is 0 Å². The molecule has 0 bridgehead atoms. The van der Waals surface area contributed by atoms with E-state index in [-0.39, 0.29) is 6.04 Å². The maximum absolute atomic E-state index is 5.81. The average Bonchev–Trinajstić information content (AvgIpc) is 2.97. The van der Waals surface area contributed by atoms with Gasteiger partial charge in [0.05, 0.1) is 6.04 Å². The molecule has 20 heavy (non-hydrogen) atoms. The second-order valence-corrected chi connectivity index (χ2v) is 4.75. The molecule has 0 aliphatic rings. The zero-order valence-electron chi connectivity index (χ0n) is 11.6. The molecule has 2 aromatic carbocycles. The van der Waals surface area contributed by atoms with Crippen LogP contribution in [0.5, 0.6) is 0 Å². The van der Waals surface area contributed by atoms with E-state index in [0.29, 0.717) is 11.8 Å². The molecule has 3 aromatic rings. The van der Waals surface area contributed by atoms with Gasteiger partial charge < -0.3 is 9.73 Å². The van der Waals surface area contributed by atoms with Crippen molar-refractivity contribution >= 4 is 10.8 Å². The molecular formula is C16H17N3O. The Kier molecular flexibility index (Phi) is 3.48. The Labute approximate surface area is 117 Å². The third-order valence-electron chi connectivity index (χ3n) is 3.34. The highest BCUT2D eigenvalue weighted by atomic mass is 16.4. The van der Waals surface area contributed by atoms with E-state index in [2.05, 4.69) is 40.6 Å². The number of aromatic nitrogens is 2. The smallest absolute Gasteiger partial charge is 0.248 e. The molecule has 0 aliphatic carbocycles. The Morgan fingerprint density at radius 2 is 1.90 bits per heavy atom. The lowest BCUT2D eigenvalue weighted by atomic mass is 10.0. The third kappa shape index (κ3) is 2.30. The van der Waals surface area contributed by atoms with Gasteiger partial charge in [-0.2, -0.15) is 0 Å². The monoisotopic (exact) mass is 267 g/mol. The zero-order valence-corrected chi connectivity index (χ0v) is 11.6. The van der Waals surface area contributed by atoms with Crippen LogP contribution < -0.4 is 5.32 Å². The Morgan fingerprint density at radius 1 is 1.10 bits per heavy atom. The fourth-order valence-corrected chi connectivity index (χ4v) is 2.32. The summed E-state index contributed by atoms with van der Waals surface area (Å²) < 4.78 is 5.81. The Bertz CT molecular complexity index is 715. The van der Waals surface area contributed by atoms with E-state index in [0.717, 1.165) is 17.5 Å². The lowest BCUT2D eigenvalue weighted by Crippen LogP contribution is -2.17. The number of nitrogens with zero attached hydrogens (tertiary/aromatic N) is 2. The quantitative estimate of drug-likeness (QED) is 0.785. The molecule has 3 rings (SSSR count). The van der Waals surface area contributed by atoms with Crippen molar-refractivity contribution in [2.45, 2.75) is 19.9 Å². The predicted molar refractivity (Wildman–Crippen MR) is 79.3 cm³/mol. The highest BCUT2D eigenvalue weighted by Crippen LogP contribution is 2.28. The van der Waals surface area contributed by atoms with Gasteiger partial charge in [0.25, 0.3) is 0 Å². The summed E-state index contributed by atoms with van der Waals surface area (Å²) in [6.45, 7) is 4.94. The van der Waals surface area contributed by atoms with Crippen LogP contribution in [0.2, 0.25) is 0 Å². The van der Waals surface area contributed by atoms with Crippen molar-refractivity contribution in [3.63, 3.8) is 0 Å². The number of hydrogen-bond acceptors (Lipinski definition) is 4. The normalized spacial score (nSPS) is 12.7. The van der Waals surface area contributed by atoms with Gasteiger partial charge in [0.2, 0.25) is 11.8 Å². The fraction of sp³-hybridized carbons (Fsp3) is 0.250. The lowest BCUT2D eigenvalue weighted by Gasteiger charge is -2.06. The van der Waals surface area contributed by atoms with Crippen molar-refractivity contribution in [1.82, 2.24) is 15.5 Å². The standard InChI is InChI=1S/C16H17N3O/c1-3-17-11(2)15-18-19-16(20-15)14-10-6-8-12-7-4-5-9-13(12)14/h4-11,17H,3H2,1-2H3. The first-order valence-corrected chi connectivity index (χ1v) is 6.84. The van der Waals surface area contributed by atoms with Crippen LogP contribution in [-0.4, -0.2) is 16.7 Å². The molecule has 0 aliphatic heterocycles. The van der Waals surface area contributed by atoms with E-state index >= 15 is 0 Å². The highest BCUT2D eigenvalue weighted by Gasteiger charge is 2.15. The summed E-state index contributed by atoms with van der Waals surface area (Å²) in [5.41, 5.74) is 0.977. The summed E-state index contributed by atoms with van der Waals surface area (Å²) in [4.78, 5) is 0. The molecule has 0 spiro atoms. The Balaban J connectivity index is 2.03. The molecule has 1 aromatic heterocycles. The minimum Gasteiger partial charge on any atom is -0.419 e. The number of hydrogen-bond donors (Lipinski definition) is 1. The first-order chi connectivity index (χ1) is 9.79. The van der Waals surface area contributed by atoms with Crippen LogP contribution in [0.4, 0.5) is 0 Å². The maximum Gasteiger partial charge on any atom is 0.248 e. The summed E-state index contributed by atoms with van der Waals surface area (Å²) in [6, 6.07) is 14.4.